The number of nitro groups is 1. The van der Waals surface area contributed by atoms with E-state index in [2.05, 4.69) is 0 Å². The molecule has 1 fully saturated rings. The average Bonchev–Trinajstić information content (AvgIpc) is 3.16. The Hall–Kier alpha value is -4.66. The quantitative estimate of drug-likeness (QED) is 0.165. The van der Waals surface area contributed by atoms with Gasteiger partial charge in [-0.2, -0.15) is 0 Å². The fourth-order valence-electron chi connectivity index (χ4n) is 4.29. The van der Waals surface area contributed by atoms with E-state index >= 15 is 0 Å². The number of carbonyl (C=O) groups is 2. The third-order valence-corrected chi connectivity index (χ3v) is 6.10. The molecule has 1 N–H and O–H groups in total. The van der Waals surface area contributed by atoms with Gasteiger partial charge in [-0.25, -0.2) is 0 Å². The molecule has 9 heteroatoms. The number of non-ortho nitro benzene ring substituents is 1. The smallest absolute Gasteiger partial charge is 0.295 e. The maximum Gasteiger partial charge on any atom is 0.295 e. The van der Waals surface area contributed by atoms with Gasteiger partial charge >= 0.3 is 0 Å². The Balaban J connectivity index is 1.80. The largest absolute Gasteiger partial charge is 0.507 e. The molecular formula is C27H24N2O7. The Morgan fingerprint density at radius 2 is 1.72 bits per heavy atom. The number of rotatable bonds is 8. The second kappa shape index (κ2) is 10.3. The minimum Gasteiger partial charge on any atom is -0.507 e. The van der Waals surface area contributed by atoms with E-state index in [1.54, 1.807) is 31.4 Å². The lowest BCUT2D eigenvalue weighted by Gasteiger charge is -2.26. The molecule has 4 rings (SSSR count). The second-order valence-corrected chi connectivity index (χ2v) is 8.14. The van der Waals surface area contributed by atoms with Crippen LogP contribution < -0.4 is 9.47 Å². The van der Waals surface area contributed by atoms with Gasteiger partial charge in [-0.05, 0) is 30.2 Å². The molecular weight excluding hydrogens is 464 g/mol. The number of aliphatic hydroxyl groups excluding tert-OH is 1. The molecule has 1 saturated heterocycles. The summed E-state index contributed by atoms with van der Waals surface area (Å²) in [5, 5.41) is 22.4. The predicted octanol–water partition coefficient (Wildman–Crippen LogP) is 4.28. The fourth-order valence-corrected chi connectivity index (χ4v) is 4.29. The standard InChI is InChI=1S/C27H24N2O7/c1-35-20-12-10-17(11-13-20)14-15-28-24(21-8-3-4-9-22(21)36-2)23(26(31)27(28)32)25(30)18-6-5-7-19(16-18)29(33)34/h3-13,16,24,30H,14-15H2,1-2H3/b25-23+. The van der Waals surface area contributed by atoms with Gasteiger partial charge in [-0.1, -0.05) is 42.5 Å². The highest BCUT2D eigenvalue weighted by atomic mass is 16.6. The third kappa shape index (κ3) is 4.63. The molecule has 1 aliphatic rings. The normalized spacial score (nSPS) is 16.7. The fraction of sp³-hybridized carbons (Fsp3) is 0.185. The van der Waals surface area contributed by atoms with E-state index in [-0.39, 0.29) is 23.4 Å². The molecule has 0 bridgehead atoms. The SMILES string of the molecule is COc1ccc(CCN2C(=O)C(=O)/C(=C(/O)c3cccc([N+](=O)[O-])c3)C2c2ccccc2OC)cc1. The lowest BCUT2D eigenvalue weighted by molar-refractivity contribution is -0.384. The zero-order chi connectivity index (χ0) is 25.8. The summed E-state index contributed by atoms with van der Waals surface area (Å²) in [7, 11) is 3.05. The summed E-state index contributed by atoms with van der Waals surface area (Å²) in [4.78, 5) is 38.5. The molecule has 36 heavy (non-hydrogen) atoms. The number of Topliss-reactive ketones (excluding diaryl/α,β-unsaturated/α-hetero) is 1. The van der Waals surface area contributed by atoms with Gasteiger partial charge in [0.1, 0.15) is 17.3 Å². The van der Waals surface area contributed by atoms with Crippen molar-refractivity contribution in [2.45, 2.75) is 12.5 Å². The maximum absolute atomic E-state index is 13.2. The average molecular weight is 488 g/mol. The van der Waals surface area contributed by atoms with Crippen molar-refractivity contribution in [2.24, 2.45) is 0 Å². The summed E-state index contributed by atoms with van der Waals surface area (Å²) in [6.45, 7) is 0.186. The number of likely N-dealkylation sites (tertiary alicyclic amines) is 1. The molecule has 3 aromatic carbocycles. The molecule has 3 aromatic rings. The first-order valence-corrected chi connectivity index (χ1v) is 11.1. The van der Waals surface area contributed by atoms with Gasteiger partial charge in [0.05, 0.1) is 30.8 Å². The molecule has 9 nitrogen and oxygen atoms in total. The van der Waals surface area contributed by atoms with E-state index in [9.17, 15) is 24.8 Å². The summed E-state index contributed by atoms with van der Waals surface area (Å²) in [6, 6.07) is 18.6. The zero-order valence-electron chi connectivity index (χ0n) is 19.7. The van der Waals surface area contributed by atoms with Crippen LogP contribution in [0.15, 0.2) is 78.4 Å². The number of nitrogens with zero attached hydrogens (tertiary/aromatic N) is 2. The lowest BCUT2D eigenvalue weighted by atomic mass is 9.94. The van der Waals surface area contributed by atoms with E-state index in [0.717, 1.165) is 5.56 Å². The molecule has 0 aliphatic carbocycles. The summed E-state index contributed by atoms with van der Waals surface area (Å²) >= 11 is 0. The van der Waals surface area contributed by atoms with Crippen molar-refractivity contribution in [1.82, 2.24) is 4.90 Å². The van der Waals surface area contributed by atoms with Crippen molar-refractivity contribution in [2.75, 3.05) is 20.8 Å². The Labute approximate surface area is 207 Å². The van der Waals surface area contributed by atoms with Crippen LogP contribution >= 0.6 is 0 Å². The number of hydrogen-bond donors (Lipinski definition) is 1. The van der Waals surface area contributed by atoms with Gasteiger partial charge in [0.25, 0.3) is 17.4 Å². The number of hydrogen-bond acceptors (Lipinski definition) is 7. The van der Waals surface area contributed by atoms with Crippen LogP contribution in [-0.2, 0) is 16.0 Å². The molecule has 0 radical (unpaired) electrons. The van der Waals surface area contributed by atoms with Crippen molar-refractivity contribution in [1.29, 1.82) is 0 Å². The number of aliphatic hydroxyl groups is 1. The highest BCUT2D eigenvalue weighted by Crippen LogP contribution is 2.42. The molecule has 1 atom stereocenters. The van der Waals surface area contributed by atoms with Crippen LogP contribution in [0.25, 0.3) is 5.76 Å². The molecule has 0 saturated carbocycles. The van der Waals surface area contributed by atoms with Gasteiger partial charge in [-0.3, -0.25) is 19.7 Å². The number of benzene rings is 3. The molecule has 184 valence electrons. The second-order valence-electron chi connectivity index (χ2n) is 8.14. The van der Waals surface area contributed by atoms with E-state index in [4.69, 9.17) is 9.47 Å². The first-order chi connectivity index (χ1) is 17.3. The summed E-state index contributed by atoms with van der Waals surface area (Å²) in [6.07, 6.45) is 0.444. The van der Waals surface area contributed by atoms with E-state index in [1.807, 2.05) is 24.3 Å². The molecule has 1 aliphatic heterocycles. The predicted molar refractivity (Wildman–Crippen MR) is 132 cm³/mol. The maximum atomic E-state index is 13.2. The number of methoxy groups -OCH3 is 2. The van der Waals surface area contributed by atoms with Crippen molar-refractivity contribution in [3.05, 3.63) is 105 Å². The van der Waals surface area contributed by atoms with Crippen LogP contribution in [0.3, 0.4) is 0 Å². The molecule has 1 amide bonds. The summed E-state index contributed by atoms with van der Waals surface area (Å²) in [5.74, 6) is -0.995. The Morgan fingerprint density at radius 3 is 2.39 bits per heavy atom. The third-order valence-electron chi connectivity index (χ3n) is 6.10. The molecule has 1 unspecified atom stereocenters. The number of ether oxygens (including phenoxy) is 2. The van der Waals surface area contributed by atoms with Gasteiger partial charge in [0, 0.05) is 29.8 Å². The highest BCUT2D eigenvalue weighted by Gasteiger charge is 2.46. The minimum absolute atomic E-state index is 0.0669. The van der Waals surface area contributed by atoms with Crippen molar-refractivity contribution >= 4 is 23.1 Å². The van der Waals surface area contributed by atoms with Crippen LogP contribution in [0.1, 0.15) is 22.7 Å². The first kappa shape index (κ1) is 24.5. The van der Waals surface area contributed by atoms with Crippen molar-refractivity contribution < 1.29 is 29.1 Å². The van der Waals surface area contributed by atoms with Crippen LogP contribution in [0.4, 0.5) is 5.69 Å². The monoisotopic (exact) mass is 488 g/mol. The highest BCUT2D eigenvalue weighted by molar-refractivity contribution is 6.46. The topological polar surface area (TPSA) is 119 Å². The first-order valence-electron chi connectivity index (χ1n) is 11.1. The Morgan fingerprint density at radius 1 is 1.00 bits per heavy atom. The Bertz CT molecular complexity index is 1350. The van der Waals surface area contributed by atoms with E-state index < -0.39 is 28.4 Å². The van der Waals surface area contributed by atoms with E-state index in [0.29, 0.717) is 23.5 Å². The van der Waals surface area contributed by atoms with Crippen LogP contribution in [0.5, 0.6) is 11.5 Å². The number of amides is 1. The van der Waals surface area contributed by atoms with Crippen LogP contribution in [-0.4, -0.2) is 47.4 Å². The minimum atomic E-state index is -0.946. The zero-order valence-corrected chi connectivity index (χ0v) is 19.7. The van der Waals surface area contributed by atoms with Crippen molar-refractivity contribution in [3.8, 4) is 11.5 Å². The number of carbonyl (C=O) groups excluding carboxylic acids is 2. The lowest BCUT2D eigenvalue weighted by Crippen LogP contribution is -2.31. The van der Waals surface area contributed by atoms with Crippen molar-refractivity contribution in [3.63, 3.8) is 0 Å². The molecule has 0 spiro atoms. The number of nitro benzene ring substituents is 1. The number of ketones is 1. The molecule has 0 aromatic heterocycles. The van der Waals surface area contributed by atoms with E-state index in [1.165, 1.54) is 36.3 Å². The summed E-state index contributed by atoms with van der Waals surface area (Å²) in [5.41, 5.74) is 1.11. The molecule has 1 heterocycles. The summed E-state index contributed by atoms with van der Waals surface area (Å²) < 4.78 is 10.7. The van der Waals surface area contributed by atoms with Gasteiger partial charge < -0.3 is 19.5 Å². The number of para-hydroxylation sites is 1. The van der Waals surface area contributed by atoms with Gasteiger partial charge in [0.15, 0.2) is 0 Å². The van der Waals surface area contributed by atoms with Gasteiger partial charge in [0.2, 0.25) is 0 Å². The van der Waals surface area contributed by atoms with Crippen LogP contribution in [0, 0.1) is 10.1 Å². The van der Waals surface area contributed by atoms with Crippen LogP contribution in [0.2, 0.25) is 0 Å². The van der Waals surface area contributed by atoms with Gasteiger partial charge in [-0.15, -0.1) is 0 Å². The Kier molecular flexibility index (Phi) is 7.00.